The number of halogens is 4. The molecule has 0 fully saturated rings. The normalized spacial score (nSPS) is 10.8. The number of hydrogen-bond acceptors (Lipinski definition) is 1. The lowest BCUT2D eigenvalue weighted by atomic mass is 10.2. The van der Waals surface area contributed by atoms with Crippen LogP contribution < -0.4 is 0 Å². The Hall–Kier alpha value is -0.330. The molecule has 0 saturated carbocycles. The van der Waals surface area contributed by atoms with Gasteiger partial charge in [0.1, 0.15) is 0 Å². The Morgan fingerprint density at radius 1 is 1.50 bits per heavy atom. The first-order chi connectivity index (χ1) is 5.54. The van der Waals surface area contributed by atoms with E-state index in [1.165, 1.54) is 6.20 Å². The van der Waals surface area contributed by atoms with Crippen molar-refractivity contribution < 1.29 is 13.2 Å². The minimum atomic E-state index is -2.80. The van der Waals surface area contributed by atoms with Crippen LogP contribution in [0.3, 0.4) is 0 Å². The summed E-state index contributed by atoms with van der Waals surface area (Å²) in [5.74, 6) is -1.08. The SMILES string of the molecule is Cc1cnc(F)c(C(F)F)c1I. The van der Waals surface area contributed by atoms with E-state index in [0.717, 1.165) is 0 Å². The molecular weight excluding hydrogens is 282 g/mol. The van der Waals surface area contributed by atoms with Crippen molar-refractivity contribution in [3.05, 3.63) is 26.8 Å². The fraction of sp³-hybridized carbons (Fsp3) is 0.286. The van der Waals surface area contributed by atoms with Crippen LogP contribution in [0.4, 0.5) is 13.2 Å². The van der Waals surface area contributed by atoms with Gasteiger partial charge in [0.25, 0.3) is 6.43 Å². The molecule has 0 amide bonds. The van der Waals surface area contributed by atoms with E-state index in [-0.39, 0.29) is 3.57 Å². The van der Waals surface area contributed by atoms with Gasteiger partial charge in [0.15, 0.2) is 0 Å². The molecule has 0 aliphatic carbocycles. The standard InChI is InChI=1S/C7H5F3IN/c1-3-2-12-7(10)4(5(3)11)6(8)9/h2,6H,1H3. The second-order valence-corrected chi connectivity index (χ2v) is 3.34. The molecule has 0 atom stereocenters. The first kappa shape index (κ1) is 9.76. The predicted octanol–water partition coefficient (Wildman–Crippen LogP) is 3.07. The molecule has 1 aromatic heterocycles. The Bertz CT molecular complexity index is 301. The molecule has 0 aromatic carbocycles. The average Bonchev–Trinajstić information content (AvgIpc) is 1.97. The van der Waals surface area contributed by atoms with E-state index in [4.69, 9.17) is 0 Å². The van der Waals surface area contributed by atoms with Gasteiger partial charge in [-0.3, -0.25) is 0 Å². The maximum absolute atomic E-state index is 12.7. The number of aryl methyl sites for hydroxylation is 1. The van der Waals surface area contributed by atoms with E-state index in [9.17, 15) is 13.2 Å². The molecule has 0 N–H and O–H groups in total. The van der Waals surface area contributed by atoms with Gasteiger partial charge in [-0.15, -0.1) is 0 Å². The van der Waals surface area contributed by atoms with Gasteiger partial charge in [0, 0.05) is 9.77 Å². The van der Waals surface area contributed by atoms with Crippen molar-refractivity contribution in [3.8, 4) is 0 Å². The van der Waals surface area contributed by atoms with Gasteiger partial charge in [0.2, 0.25) is 5.95 Å². The van der Waals surface area contributed by atoms with Crippen LogP contribution in [0.2, 0.25) is 0 Å². The quantitative estimate of drug-likeness (QED) is 0.571. The van der Waals surface area contributed by atoms with Crippen LogP contribution in [-0.4, -0.2) is 4.98 Å². The topological polar surface area (TPSA) is 12.9 Å². The highest BCUT2D eigenvalue weighted by Gasteiger charge is 2.19. The van der Waals surface area contributed by atoms with Gasteiger partial charge >= 0.3 is 0 Å². The Balaban J connectivity index is 3.33. The summed E-state index contributed by atoms with van der Waals surface area (Å²) >= 11 is 1.69. The molecule has 66 valence electrons. The number of hydrogen-bond donors (Lipinski definition) is 0. The zero-order valence-electron chi connectivity index (χ0n) is 6.11. The van der Waals surface area contributed by atoms with E-state index in [0.29, 0.717) is 5.56 Å². The summed E-state index contributed by atoms with van der Waals surface area (Å²) < 4.78 is 37.3. The molecule has 0 bridgehead atoms. The van der Waals surface area contributed by atoms with Crippen molar-refractivity contribution in [1.82, 2.24) is 4.98 Å². The van der Waals surface area contributed by atoms with Crippen LogP contribution in [0, 0.1) is 16.4 Å². The Morgan fingerprint density at radius 2 is 2.08 bits per heavy atom. The molecule has 0 unspecified atom stereocenters. The molecule has 12 heavy (non-hydrogen) atoms. The molecule has 1 aromatic rings. The minimum absolute atomic E-state index is 0.245. The number of aromatic nitrogens is 1. The zero-order valence-corrected chi connectivity index (χ0v) is 8.27. The summed E-state index contributed by atoms with van der Waals surface area (Å²) in [6.45, 7) is 1.61. The molecule has 1 heterocycles. The summed E-state index contributed by atoms with van der Waals surface area (Å²) in [5, 5.41) is 0. The van der Waals surface area contributed by atoms with Crippen LogP contribution in [-0.2, 0) is 0 Å². The fourth-order valence-corrected chi connectivity index (χ4v) is 1.37. The third-order valence-electron chi connectivity index (χ3n) is 1.39. The third-order valence-corrected chi connectivity index (χ3v) is 2.83. The van der Waals surface area contributed by atoms with Gasteiger partial charge in [-0.1, -0.05) is 0 Å². The van der Waals surface area contributed by atoms with Crippen LogP contribution >= 0.6 is 22.6 Å². The second kappa shape index (κ2) is 3.59. The molecule has 0 aliphatic rings. The number of rotatable bonds is 1. The van der Waals surface area contributed by atoms with Gasteiger partial charge in [-0.2, -0.15) is 4.39 Å². The summed E-state index contributed by atoms with van der Waals surface area (Å²) in [6.07, 6.45) is -1.56. The van der Waals surface area contributed by atoms with Crippen molar-refractivity contribution in [2.24, 2.45) is 0 Å². The number of pyridine rings is 1. The van der Waals surface area contributed by atoms with E-state index < -0.39 is 17.9 Å². The number of alkyl halides is 2. The Labute approximate surface area is 81.1 Å². The minimum Gasteiger partial charge on any atom is -0.228 e. The fourth-order valence-electron chi connectivity index (χ4n) is 0.769. The van der Waals surface area contributed by atoms with E-state index in [1.54, 1.807) is 29.5 Å². The second-order valence-electron chi connectivity index (χ2n) is 2.26. The van der Waals surface area contributed by atoms with Gasteiger partial charge in [-0.25, -0.2) is 13.8 Å². The lowest BCUT2D eigenvalue weighted by molar-refractivity contribution is 0.144. The molecule has 0 spiro atoms. The van der Waals surface area contributed by atoms with Crippen LogP contribution in [0.15, 0.2) is 6.20 Å². The number of nitrogens with zero attached hydrogens (tertiary/aromatic N) is 1. The van der Waals surface area contributed by atoms with E-state index in [2.05, 4.69) is 4.98 Å². The highest BCUT2D eigenvalue weighted by Crippen LogP contribution is 2.27. The largest absolute Gasteiger partial charge is 0.269 e. The molecule has 1 nitrogen and oxygen atoms in total. The maximum Gasteiger partial charge on any atom is 0.269 e. The molecule has 0 saturated heterocycles. The monoisotopic (exact) mass is 287 g/mol. The Kier molecular flexibility index (Phi) is 2.92. The van der Waals surface area contributed by atoms with E-state index in [1.807, 2.05) is 0 Å². The summed E-state index contributed by atoms with van der Waals surface area (Å²) in [7, 11) is 0. The zero-order chi connectivity index (χ0) is 9.30. The van der Waals surface area contributed by atoms with Crippen molar-refractivity contribution in [1.29, 1.82) is 0 Å². The summed E-state index contributed by atoms with van der Waals surface area (Å²) in [4.78, 5) is 3.21. The molecular formula is C7H5F3IN. The van der Waals surface area contributed by atoms with Gasteiger partial charge < -0.3 is 0 Å². The average molecular weight is 287 g/mol. The summed E-state index contributed by atoms with van der Waals surface area (Å²) in [6, 6.07) is 0. The van der Waals surface area contributed by atoms with E-state index >= 15 is 0 Å². The molecule has 0 aliphatic heterocycles. The maximum atomic E-state index is 12.7. The molecule has 1 rings (SSSR count). The highest BCUT2D eigenvalue weighted by molar-refractivity contribution is 14.1. The van der Waals surface area contributed by atoms with Crippen molar-refractivity contribution in [3.63, 3.8) is 0 Å². The van der Waals surface area contributed by atoms with Crippen molar-refractivity contribution in [2.75, 3.05) is 0 Å². The first-order valence-corrected chi connectivity index (χ1v) is 4.20. The predicted molar refractivity (Wildman–Crippen MR) is 46.6 cm³/mol. The van der Waals surface area contributed by atoms with Crippen LogP contribution in [0.25, 0.3) is 0 Å². The van der Waals surface area contributed by atoms with Crippen molar-refractivity contribution >= 4 is 22.6 Å². The van der Waals surface area contributed by atoms with Gasteiger partial charge in [-0.05, 0) is 35.1 Å². The third kappa shape index (κ3) is 1.70. The first-order valence-electron chi connectivity index (χ1n) is 3.12. The lowest BCUT2D eigenvalue weighted by Crippen LogP contribution is -2.00. The highest BCUT2D eigenvalue weighted by atomic mass is 127. The van der Waals surface area contributed by atoms with Gasteiger partial charge in [0.05, 0.1) is 5.56 Å². The van der Waals surface area contributed by atoms with Crippen molar-refractivity contribution in [2.45, 2.75) is 13.3 Å². The lowest BCUT2D eigenvalue weighted by Gasteiger charge is -2.05. The Morgan fingerprint density at radius 3 is 2.50 bits per heavy atom. The molecule has 0 radical (unpaired) electrons. The summed E-state index contributed by atoms with van der Waals surface area (Å²) in [5.41, 5.74) is -0.0390. The van der Waals surface area contributed by atoms with Crippen LogP contribution in [0.1, 0.15) is 17.6 Å². The smallest absolute Gasteiger partial charge is 0.228 e. The van der Waals surface area contributed by atoms with Crippen LogP contribution in [0.5, 0.6) is 0 Å². The molecule has 5 heteroatoms.